The van der Waals surface area contributed by atoms with Gasteiger partial charge in [0.15, 0.2) is 5.82 Å². The van der Waals surface area contributed by atoms with Crippen molar-refractivity contribution in [3.8, 4) is 0 Å². The van der Waals surface area contributed by atoms with Gasteiger partial charge in [0.1, 0.15) is 5.41 Å². The van der Waals surface area contributed by atoms with Crippen LogP contribution in [0.3, 0.4) is 0 Å². The Bertz CT molecular complexity index is 637. The van der Waals surface area contributed by atoms with E-state index in [2.05, 4.69) is 10.1 Å². The number of benzene rings is 1. The summed E-state index contributed by atoms with van der Waals surface area (Å²) < 4.78 is 10.2. The molecule has 0 radical (unpaired) electrons. The molecule has 1 heterocycles. The zero-order chi connectivity index (χ0) is 15.5. The topological polar surface area (TPSA) is 65.2 Å². The number of nitrogens with zero attached hydrogens (tertiary/aromatic N) is 2. The van der Waals surface area contributed by atoms with Gasteiger partial charge in [0, 0.05) is 11.4 Å². The molecule has 112 valence electrons. The van der Waals surface area contributed by atoms with Crippen LogP contribution in [0.4, 0.5) is 0 Å². The van der Waals surface area contributed by atoms with Gasteiger partial charge in [-0.05, 0) is 38.5 Å². The summed E-state index contributed by atoms with van der Waals surface area (Å²) in [6.45, 7) is 5.46. The number of aromatic nitrogens is 2. The van der Waals surface area contributed by atoms with Gasteiger partial charge in [-0.15, -0.1) is 0 Å². The van der Waals surface area contributed by atoms with Crippen molar-refractivity contribution in [3.05, 3.63) is 46.6 Å². The number of carbonyl (C=O) groups is 1. The minimum absolute atomic E-state index is 0.248. The van der Waals surface area contributed by atoms with Gasteiger partial charge >= 0.3 is 5.97 Å². The average molecular weight is 309 g/mol. The van der Waals surface area contributed by atoms with Gasteiger partial charge in [-0.3, -0.25) is 4.79 Å². The van der Waals surface area contributed by atoms with Gasteiger partial charge in [0.25, 0.3) is 0 Å². The first kappa shape index (κ1) is 15.5. The quantitative estimate of drug-likeness (QED) is 0.794. The first-order valence-electron chi connectivity index (χ1n) is 6.68. The van der Waals surface area contributed by atoms with E-state index < -0.39 is 5.41 Å². The van der Waals surface area contributed by atoms with Crippen LogP contribution in [-0.2, 0) is 21.4 Å². The van der Waals surface area contributed by atoms with Crippen LogP contribution < -0.4 is 0 Å². The number of ether oxygens (including phenoxy) is 1. The van der Waals surface area contributed by atoms with E-state index in [0.29, 0.717) is 23.9 Å². The predicted molar refractivity (Wildman–Crippen MR) is 78.2 cm³/mol. The second kappa shape index (κ2) is 6.26. The molecule has 2 rings (SSSR count). The molecule has 0 atom stereocenters. The van der Waals surface area contributed by atoms with Crippen LogP contribution >= 0.6 is 11.6 Å². The summed E-state index contributed by atoms with van der Waals surface area (Å²) in [7, 11) is 0. The third-order valence-corrected chi connectivity index (χ3v) is 3.27. The smallest absolute Gasteiger partial charge is 0.321 e. The van der Waals surface area contributed by atoms with Crippen LogP contribution in [0.5, 0.6) is 0 Å². The van der Waals surface area contributed by atoms with Crippen molar-refractivity contribution in [2.24, 2.45) is 0 Å². The van der Waals surface area contributed by atoms with Crippen molar-refractivity contribution in [2.75, 3.05) is 6.61 Å². The molecule has 1 aromatic heterocycles. The Morgan fingerprint density at radius 1 is 1.43 bits per heavy atom. The molecule has 0 spiro atoms. The van der Waals surface area contributed by atoms with Crippen LogP contribution in [0.25, 0.3) is 0 Å². The first-order chi connectivity index (χ1) is 9.93. The SMILES string of the molecule is CCOC(=O)C(C)(C)c1nc(Cc2cccc(Cl)c2)no1. The molecule has 0 aliphatic rings. The van der Waals surface area contributed by atoms with Crippen LogP contribution in [0.15, 0.2) is 28.8 Å². The minimum Gasteiger partial charge on any atom is -0.465 e. The van der Waals surface area contributed by atoms with Gasteiger partial charge in [-0.25, -0.2) is 0 Å². The van der Waals surface area contributed by atoms with E-state index in [1.54, 1.807) is 26.8 Å². The summed E-state index contributed by atoms with van der Waals surface area (Å²) in [5.41, 5.74) is 0.0130. The maximum Gasteiger partial charge on any atom is 0.321 e. The highest BCUT2D eigenvalue weighted by atomic mass is 35.5. The van der Waals surface area contributed by atoms with E-state index in [1.807, 2.05) is 18.2 Å². The van der Waals surface area contributed by atoms with E-state index in [9.17, 15) is 4.79 Å². The zero-order valence-corrected chi connectivity index (χ0v) is 13.0. The largest absolute Gasteiger partial charge is 0.465 e. The maximum absolute atomic E-state index is 11.9. The molecule has 6 heteroatoms. The van der Waals surface area contributed by atoms with Gasteiger partial charge in [-0.2, -0.15) is 4.98 Å². The maximum atomic E-state index is 11.9. The van der Waals surface area contributed by atoms with Gasteiger partial charge in [-0.1, -0.05) is 28.9 Å². The molecule has 0 saturated carbocycles. The van der Waals surface area contributed by atoms with Crippen molar-refractivity contribution >= 4 is 17.6 Å². The van der Waals surface area contributed by atoms with Crippen LogP contribution in [-0.4, -0.2) is 22.7 Å². The van der Waals surface area contributed by atoms with E-state index in [0.717, 1.165) is 5.56 Å². The molecule has 0 unspecified atom stereocenters. The van der Waals surface area contributed by atoms with Crippen LogP contribution in [0, 0.1) is 0 Å². The Hall–Kier alpha value is -1.88. The highest BCUT2D eigenvalue weighted by Gasteiger charge is 2.37. The molecule has 0 fully saturated rings. The molecule has 0 aliphatic heterocycles. The number of halogens is 1. The van der Waals surface area contributed by atoms with Gasteiger partial charge < -0.3 is 9.26 Å². The number of hydrogen-bond acceptors (Lipinski definition) is 5. The molecule has 0 N–H and O–H groups in total. The van der Waals surface area contributed by atoms with Gasteiger partial charge in [0.05, 0.1) is 6.61 Å². The average Bonchev–Trinajstić information content (AvgIpc) is 2.88. The lowest BCUT2D eigenvalue weighted by Crippen LogP contribution is -2.31. The summed E-state index contributed by atoms with van der Waals surface area (Å²) >= 11 is 5.94. The van der Waals surface area contributed by atoms with Crippen molar-refractivity contribution < 1.29 is 14.1 Å². The molecule has 5 nitrogen and oxygen atoms in total. The third kappa shape index (κ3) is 3.61. The van der Waals surface area contributed by atoms with Crippen LogP contribution in [0.1, 0.15) is 38.0 Å². The van der Waals surface area contributed by atoms with E-state index in [1.165, 1.54) is 0 Å². The Kier molecular flexibility index (Phi) is 4.63. The van der Waals surface area contributed by atoms with Crippen molar-refractivity contribution in [1.82, 2.24) is 10.1 Å². The monoisotopic (exact) mass is 308 g/mol. The van der Waals surface area contributed by atoms with E-state index in [4.69, 9.17) is 20.9 Å². The summed E-state index contributed by atoms with van der Waals surface area (Å²) in [5, 5.41) is 4.57. The molecular formula is C15H17ClN2O3. The molecule has 0 aliphatic carbocycles. The lowest BCUT2D eigenvalue weighted by Gasteiger charge is -2.16. The Morgan fingerprint density at radius 2 is 2.19 bits per heavy atom. The number of esters is 1. The fraction of sp³-hybridized carbons (Fsp3) is 0.400. The van der Waals surface area contributed by atoms with E-state index >= 15 is 0 Å². The highest BCUT2D eigenvalue weighted by molar-refractivity contribution is 6.30. The van der Waals surface area contributed by atoms with Crippen molar-refractivity contribution in [2.45, 2.75) is 32.6 Å². The molecular weight excluding hydrogens is 292 g/mol. The summed E-state index contributed by atoms with van der Waals surface area (Å²) in [6, 6.07) is 7.43. The molecule has 21 heavy (non-hydrogen) atoms. The second-order valence-electron chi connectivity index (χ2n) is 5.17. The molecule has 2 aromatic rings. The van der Waals surface area contributed by atoms with Gasteiger partial charge in [0.2, 0.25) is 5.89 Å². The minimum atomic E-state index is -0.963. The van der Waals surface area contributed by atoms with E-state index in [-0.39, 0.29) is 11.9 Å². The Morgan fingerprint density at radius 3 is 2.86 bits per heavy atom. The third-order valence-electron chi connectivity index (χ3n) is 3.04. The molecule has 1 aromatic carbocycles. The first-order valence-corrected chi connectivity index (χ1v) is 7.06. The fourth-order valence-corrected chi connectivity index (χ4v) is 2.02. The molecule has 0 amide bonds. The lowest BCUT2D eigenvalue weighted by molar-refractivity contribution is -0.149. The lowest BCUT2D eigenvalue weighted by atomic mass is 9.94. The summed E-state index contributed by atoms with van der Waals surface area (Å²) in [4.78, 5) is 16.2. The van der Waals surface area contributed by atoms with Crippen molar-refractivity contribution in [1.29, 1.82) is 0 Å². The Balaban J connectivity index is 2.16. The highest BCUT2D eigenvalue weighted by Crippen LogP contribution is 2.24. The fourth-order valence-electron chi connectivity index (χ4n) is 1.81. The summed E-state index contributed by atoms with van der Waals surface area (Å²) in [6.07, 6.45) is 0.489. The number of carbonyl (C=O) groups excluding carboxylic acids is 1. The normalized spacial score (nSPS) is 11.4. The molecule has 0 saturated heterocycles. The second-order valence-corrected chi connectivity index (χ2v) is 5.60. The zero-order valence-electron chi connectivity index (χ0n) is 12.2. The Labute approximate surface area is 128 Å². The molecule has 0 bridgehead atoms. The summed E-state index contributed by atoms with van der Waals surface area (Å²) in [5.74, 6) is 0.366. The van der Waals surface area contributed by atoms with Crippen molar-refractivity contribution in [3.63, 3.8) is 0 Å². The number of hydrogen-bond donors (Lipinski definition) is 0. The number of rotatable bonds is 5. The standard InChI is InChI=1S/C15H17ClN2O3/c1-4-20-14(19)15(2,3)13-17-12(18-21-13)9-10-6-5-7-11(16)8-10/h5-8H,4,9H2,1-3H3. The predicted octanol–water partition coefficient (Wildman–Crippen LogP) is 3.15. The van der Waals surface area contributed by atoms with Crippen LogP contribution in [0.2, 0.25) is 5.02 Å².